The zero-order chi connectivity index (χ0) is 15.5. The zero-order valence-electron chi connectivity index (χ0n) is 12.3. The quantitative estimate of drug-likeness (QED) is 0.442. The summed E-state index contributed by atoms with van der Waals surface area (Å²) in [5.41, 5.74) is 0. The third-order valence-corrected chi connectivity index (χ3v) is 7.09. The van der Waals surface area contributed by atoms with Crippen LogP contribution in [0, 0.1) is 11.8 Å². The van der Waals surface area contributed by atoms with Crippen LogP contribution in [0.3, 0.4) is 0 Å². The number of carbonyl (C=O) groups is 2. The van der Waals surface area contributed by atoms with Crippen LogP contribution in [0.5, 0.6) is 0 Å². The van der Waals surface area contributed by atoms with Crippen LogP contribution in [-0.4, -0.2) is 41.3 Å². The summed E-state index contributed by atoms with van der Waals surface area (Å²) in [5.74, 6) is -3.23. The van der Waals surface area contributed by atoms with Crippen LogP contribution in [0.1, 0.15) is 38.5 Å². The fourth-order valence-corrected chi connectivity index (χ4v) is 6.18. The van der Waals surface area contributed by atoms with Crippen molar-refractivity contribution in [3.05, 3.63) is 0 Å². The normalized spacial score (nSPS) is 45.3. The summed E-state index contributed by atoms with van der Waals surface area (Å²) in [6.45, 7) is 0. The monoisotopic (exact) mass is 334 g/mol. The maximum absolute atomic E-state index is 12.6. The van der Waals surface area contributed by atoms with Crippen LogP contribution < -0.4 is 0 Å². The average Bonchev–Trinajstić information content (AvgIpc) is 2.67. The van der Waals surface area contributed by atoms with Crippen molar-refractivity contribution in [2.45, 2.75) is 54.1 Å². The fraction of sp³-hybridized carbons (Fsp3) is 0.867. The highest BCUT2D eigenvalue weighted by atomic mass is 35.5. The molecule has 0 aliphatic heterocycles. The van der Waals surface area contributed by atoms with E-state index in [9.17, 15) is 9.59 Å². The van der Waals surface area contributed by atoms with Crippen molar-refractivity contribution in [1.29, 1.82) is 0 Å². The molecule has 3 saturated carbocycles. The molecule has 0 saturated heterocycles. The maximum atomic E-state index is 12.6. The Morgan fingerprint density at radius 2 is 1.24 bits per heavy atom. The first kappa shape index (κ1) is 15.7. The minimum Gasteiger partial charge on any atom is -0.349 e. The van der Waals surface area contributed by atoms with Gasteiger partial charge in [0.25, 0.3) is 0 Å². The lowest BCUT2D eigenvalue weighted by atomic mass is 9.71. The fourth-order valence-electron chi connectivity index (χ4n) is 4.83. The van der Waals surface area contributed by atoms with Gasteiger partial charge in [0.15, 0.2) is 9.75 Å². The second-order valence-corrected chi connectivity index (χ2v) is 7.50. The molecule has 0 heterocycles. The molecule has 3 aliphatic carbocycles. The molecule has 3 fully saturated rings. The van der Waals surface area contributed by atoms with Crippen molar-refractivity contribution < 1.29 is 19.1 Å². The first-order chi connectivity index (χ1) is 9.91. The molecule has 3 rings (SSSR count). The van der Waals surface area contributed by atoms with Crippen molar-refractivity contribution in [3.63, 3.8) is 0 Å². The standard InChI is InChI=1S/C15H20Cl2O4/c1-20-15(21-2)13(16)9-7-5-3-4-6-8-10(9)14(15,17)12(19)11(13)18/h9-10H,3-8H2,1-2H3/t9-,10+,13-,14+. The summed E-state index contributed by atoms with van der Waals surface area (Å²) in [7, 11) is 2.81. The number of hydrogen-bond acceptors (Lipinski definition) is 4. The van der Waals surface area contributed by atoms with Gasteiger partial charge >= 0.3 is 0 Å². The van der Waals surface area contributed by atoms with E-state index in [1.807, 2.05) is 0 Å². The smallest absolute Gasteiger partial charge is 0.227 e. The SMILES string of the molecule is COC1(OC)[C@@]2(Cl)C(=O)C(=O)[C@]1(Cl)[C@@H]1CCCCCC[C@@H]12. The predicted octanol–water partition coefficient (Wildman–Crippen LogP) is 2.68. The van der Waals surface area contributed by atoms with E-state index >= 15 is 0 Å². The molecule has 2 bridgehead atoms. The summed E-state index contributed by atoms with van der Waals surface area (Å²) in [4.78, 5) is 22.1. The first-order valence-electron chi connectivity index (χ1n) is 7.49. The maximum Gasteiger partial charge on any atom is 0.227 e. The van der Waals surface area contributed by atoms with E-state index in [1.54, 1.807) is 0 Å². The van der Waals surface area contributed by atoms with Gasteiger partial charge < -0.3 is 9.47 Å². The Morgan fingerprint density at radius 3 is 1.57 bits per heavy atom. The van der Waals surface area contributed by atoms with Gasteiger partial charge in [-0.25, -0.2) is 0 Å². The number of halogens is 2. The van der Waals surface area contributed by atoms with Gasteiger partial charge in [-0.05, 0) is 24.7 Å². The summed E-state index contributed by atoms with van der Waals surface area (Å²) in [6, 6.07) is 0. The molecule has 4 atom stereocenters. The number of carbonyl (C=O) groups excluding carboxylic acids is 2. The third-order valence-electron chi connectivity index (χ3n) is 5.69. The Balaban J connectivity index is 2.20. The van der Waals surface area contributed by atoms with Crippen LogP contribution in [0.15, 0.2) is 0 Å². The number of ketones is 2. The number of rotatable bonds is 2. The molecular formula is C15H20Cl2O4. The summed E-state index contributed by atoms with van der Waals surface area (Å²) in [5, 5.41) is 0. The van der Waals surface area contributed by atoms with E-state index < -0.39 is 27.1 Å². The molecule has 6 heteroatoms. The van der Waals surface area contributed by atoms with E-state index in [-0.39, 0.29) is 11.8 Å². The number of alkyl halides is 2. The Kier molecular flexibility index (Phi) is 3.68. The minimum absolute atomic E-state index is 0.179. The molecule has 21 heavy (non-hydrogen) atoms. The Labute approximate surface area is 134 Å². The van der Waals surface area contributed by atoms with Gasteiger partial charge in [0, 0.05) is 14.2 Å². The minimum atomic E-state index is -1.57. The van der Waals surface area contributed by atoms with Gasteiger partial charge in [0.05, 0.1) is 0 Å². The first-order valence-corrected chi connectivity index (χ1v) is 8.24. The Bertz CT molecular complexity index is 450. The lowest BCUT2D eigenvalue weighted by Crippen LogP contribution is -2.57. The third kappa shape index (κ3) is 1.50. The van der Waals surface area contributed by atoms with E-state index in [4.69, 9.17) is 32.7 Å². The molecular weight excluding hydrogens is 315 g/mol. The van der Waals surface area contributed by atoms with Crippen molar-refractivity contribution in [2.24, 2.45) is 11.8 Å². The molecule has 0 aromatic carbocycles. The summed E-state index contributed by atoms with van der Waals surface area (Å²) >= 11 is 13.5. The molecule has 4 nitrogen and oxygen atoms in total. The van der Waals surface area contributed by atoms with E-state index in [2.05, 4.69) is 0 Å². The molecule has 0 aromatic heterocycles. The van der Waals surface area contributed by atoms with Gasteiger partial charge in [-0.15, -0.1) is 23.2 Å². The molecule has 0 radical (unpaired) electrons. The lowest BCUT2D eigenvalue weighted by molar-refractivity contribution is -0.222. The van der Waals surface area contributed by atoms with E-state index in [0.717, 1.165) is 38.5 Å². The molecule has 118 valence electrons. The van der Waals surface area contributed by atoms with E-state index in [1.165, 1.54) is 14.2 Å². The van der Waals surface area contributed by atoms with Crippen LogP contribution in [0.25, 0.3) is 0 Å². The van der Waals surface area contributed by atoms with Crippen LogP contribution in [0.4, 0.5) is 0 Å². The van der Waals surface area contributed by atoms with Crippen molar-refractivity contribution in [1.82, 2.24) is 0 Å². The molecule has 0 aromatic rings. The number of Topliss-reactive ketones (excluding diaryl/α,β-unsaturated/α-hetero) is 2. The Hall–Kier alpha value is -0.160. The summed E-state index contributed by atoms with van der Waals surface area (Å²) < 4.78 is 11.1. The highest BCUT2D eigenvalue weighted by molar-refractivity contribution is 6.66. The molecule has 0 amide bonds. The van der Waals surface area contributed by atoms with Gasteiger partial charge in [-0.2, -0.15) is 0 Å². The highest BCUT2D eigenvalue weighted by Crippen LogP contribution is 2.69. The largest absolute Gasteiger partial charge is 0.349 e. The molecule has 0 unspecified atom stereocenters. The topological polar surface area (TPSA) is 52.6 Å². The van der Waals surface area contributed by atoms with E-state index in [0.29, 0.717) is 0 Å². The number of hydrogen-bond donors (Lipinski definition) is 0. The predicted molar refractivity (Wildman–Crippen MR) is 78.6 cm³/mol. The number of methoxy groups -OCH3 is 2. The highest BCUT2D eigenvalue weighted by Gasteiger charge is 2.88. The van der Waals surface area contributed by atoms with Gasteiger partial charge in [-0.1, -0.05) is 25.7 Å². The Morgan fingerprint density at radius 1 is 0.857 bits per heavy atom. The van der Waals surface area contributed by atoms with Crippen LogP contribution in [0.2, 0.25) is 0 Å². The second kappa shape index (κ2) is 4.92. The molecule has 0 spiro atoms. The van der Waals surface area contributed by atoms with Gasteiger partial charge in [-0.3, -0.25) is 9.59 Å². The van der Waals surface area contributed by atoms with Gasteiger partial charge in [0.2, 0.25) is 17.4 Å². The zero-order valence-corrected chi connectivity index (χ0v) is 13.8. The van der Waals surface area contributed by atoms with Crippen LogP contribution >= 0.6 is 23.2 Å². The van der Waals surface area contributed by atoms with Crippen molar-refractivity contribution >= 4 is 34.8 Å². The number of ether oxygens (including phenoxy) is 2. The molecule has 3 aliphatic rings. The second-order valence-electron chi connectivity index (χ2n) is 6.31. The van der Waals surface area contributed by atoms with Crippen molar-refractivity contribution in [3.8, 4) is 0 Å². The number of fused-ring (bicyclic) bond motifs is 5. The average molecular weight is 335 g/mol. The van der Waals surface area contributed by atoms with Crippen LogP contribution in [-0.2, 0) is 19.1 Å². The van der Waals surface area contributed by atoms with Crippen molar-refractivity contribution in [2.75, 3.05) is 14.2 Å². The lowest BCUT2D eigenvalue weighted by Gasteiger charge is -2.38. The van der Waals surface area contributed by atoms with Gasteiger partial charge in [0.1, 0.15) is 0 Å². The summed E-state index contributed by atoms with van der Waals surface area (Å²) in [6.07, 6.45) is 5.73. The molecule has 0 N–H and O–H groups in total.